The molecule has 0 N–H and O–H groups in total. The molecular formula is C14H26O. The normalized spacial score (nSPS) is 14.7. The van der Waals surface area contributed by atoms with Crippen LogP contribution in [0.25, 0.3) is 0 Å². The van der Waals surface area contributed by atoms with Crippen molar-refractivity contribution in [1.82, 2.24) is 0 Å². The number of hydrogen-bond acceptors (Lipinski definition) is 1. The van der Waals surface area contributed by atoms with E-state index >= 15 is 0 Å². The lowest BCUT2D eigenvalue weighted by atomic mass is 9.70. The number of hydrogen-bond donors (Lipinski definition) is 0. The largest absolute Gasteiger partial charge is 0.298 e. The van der Waals surface area contributed by atoms with Crippen LogP contribution >= 0.6 is 0 Å². The summed E-state index contributed by atoms with van der Waals surface area (Å²) in [4.78, 5) is 12.3. The van der Waals surface area contributed by atoms with Gasteiger partial charge < -0.3 is 0 Å². The van der Waals surface area contributed by atoms with Crippen molar-refractivity contribution in [2.45, 2.75) is 55.4 Å². The van der Waals surface area contributed by atoms with Crippen molar-refractivity contribution >= 4 is 5.78 Å². The van der Waals surface area contributed by atoms with Gasteiger partial charge in [0, 0.05) is 11.3 Å². The maximum atomic E-state index is 12.3. The molecule has 1 unspecified atom stereocenters. The highest BCUT2D eigenvalue weighted by Crippen LogP contribution is 2.34. The van der Waals surface area contributed by atoms with Crippen molar-refractivity contribution in [2.24, 2.45) is 16.7 Å². The smallest absolute Gasteiger partial charge is 0.145 e. The fourth-order valence-electron chi connectivity index (χ4n) is 1.52. The van der Waals surface area contributed by atoms with E-state index in [0.29, 0.717) is 5.78 Å². The molecule has 0 aliphatic rings. The Morgan fingerprint density at radius 1 is 1.00 bits per heavy atom. The molecule has 0 spiro atoms. The molecule has 0 fully saturated rings. The van der Waals surface area contributed by atoms with Gasteiger partial charge in [0.15, 0.2) is 0 Å². The molecule has 1 nitrogen and oxygen atoms in total. The standard InChI is InChI=1S/C14H26O/c1-10(2)9-11(13(3,4)5)12(15)14(6,7)8/h9,11H,1-8H3. The molecule has 0 saturated heterocycles. The molecule has 0 heterocycles. The molecule has 88 valence electrons. The van der Waals surface area contributed by atoms with Gasteiger partial charge in [0.05, 0.1) is 0 Å². The van der Waals surface area contributed by atoms with Crippen molar-refractivity contribution in [3.63, 3.8) is 0 Å². The van der Waals surface area contributed by atoms with E-state index in [0.717, 1.165) is 0 Å². The molecule has 1 heteroatoms. The quantitative estimate of drug-likeness (QED) is 0.623. The number of carbonyl (C=O) groups is 1. The first kappa shape index (κ1) is 14.4. The van der Waals surface area contributed by atoms with E-state index in [1.54, 1.807) is 0 Å². The minimum Gasteiger partial charge on any atom is -0.298 e. The second-order valence-electron chi connectivity index (χ2n) is 6.70. The molecule has 0 aliphatic carbocycles. The van der Waals surface area contributed by atoms with Gasteiger partial charge in [-0.05, 0) is 19.3 Å². The van der Waals surface area contributed by atoms with Crippen LogP contribution in [-0.2, 0) is 4.79 Å². The summed E-state index contributed by atoms with van der Waals surface area (Å²) in [6.07, 6.45) is 2.10. The van der Waals surface area contributed by atoms with E-state index in [1.165, 1.54) is 5.57 Å². The molecule has 0 aromatic rings. The van der Waals surface area contributed by atoms with Crippen LogP contribution < -0.4 is 0 Å². The first-order chi connectivity index (χ1) is 6.46. The van der Waals surface area contributed by atoms with E-state index < -0.39 is 0 Å². The summed E-state index contributed by atoms with van der Waals surface area (Å²) in [7, 11) is 0. The summed E-state index contributed by atoms with van der Waals surface area (Å²) in [6.45, 7) is 16.5. The Morgan fingerprint density at radius 3 is 1.60 bits per heavy atom. The topological polar surface area (TPSA) is 17.1 Å². The van der Waals surface area contributed by atoms with Gasteiger partial charge >= 0.3 is 0 Å². The van der Waals surface area contributed by atoms with Crippen LogP contribution in [0.3, 0.4) is 0 Å². The van der Waals surface area contributed by atoms with Crippen LogP contribution in [0.5, 0.6) is 0 Å². The Labute approximate surface area is 95.0 Å². The average molecular weight is 210 g/mol. The third-order valence-corrected chi connectivity index (χ3v) is 2.45. The third kappa shape index (κ3) is 4.63. The lowest BCUT2D eigenvalue weighted by molar-refractivity contribution is -0.131. The Hall–Kier alpha value is -0.590. The molecule has 0 aromatic carbocycles. The fraction of sp³-hybridized carbons (Fsp3) is 0.786. The fourth-order valence-corrected chi connectivity index (χ4v) is 1.52. The van der Waals surface area contributed by atoms with E-state index in [9.17, 15) is 4.79 Å². The molecule has 0 saturated carbocycles. The molecule has 15 heavy (non-hydrogen) atoms. The van der Waals surface area contributed by atoms with E-state index in [4.69, 9.17) is 0 Å². The molecule has 0 amide bonds. The number of Topliss-reactive ketones (excluding diaryl/α,β-unsaturated/α-hetero) is 1. The van der Waals surface area contributed by atoms with Crippen LogP contribution in [0, 0.1) is 16.7 Å². The van der Waals surface area contributed by atoms with Gasteiger partial charge in [-0.3, -0.25) is 4.79 Å². The second kappa shape index (κ2) is 4.51. The van der Waals surface area contributed by atoms with Gasteiger partial charge in [-0.2, -0.15) is 0 Å². The molecule has 0 radical (unpaired) electrons. The number of carbonyl (C=O) groups excluding carboxylic acids is 1. The van der Waals surface area contributed by atoms with E-state index in [1.807, 2.05) is 20.8 Å². The third-order valence-electron chi connectivity index (χ3n) is 2.45. The minimum atomic E-state index is -0.260. The average Bonchev–Trinajstić information content (AvgIpc) is 1.94. The van der Waals surface area contributed by atoms with Crippen molar-refractivity contribution in [2.75, 3.05) is 0 Å². The lowest BCUT2D eigenvalue weighted by Gasteiger charge is -2.32. The van der Waals surface area contributed by atoms with Gasteiger partial charge in [-0.25, -0.2) is 0 Å². The second-order valence-corrected chi connectivity index (χ2v) is 6.70. The molecule has 0 bridgehead atoms. The highest BCUT2D eigenvalue weighted by Gasteiger charge is 2.35. The zero-order valence-corrected chi connectivity index (χ0v) is 11.6. The van der Waals surface area contributed by atoms with E-state index in [-0.39, 0.29) is 16.7 Å². The van der Waals surface area contributed by atoms with Crippen LogP contribution in [0.4, 0.5) is 0 Å². The Morgan fingerprint density at radius 2 is 1.40 bits per heavy atom. The van der Waals surface area contributed by atoms with Gasteiger partial charge in [0.25, 0.3) is 0 Å². The zero-order chi connectivity index (χ0) is 12.4. The highest BCUT2D eigenvalue weighted by molar-refractivity contribution is 5.88. The number of ketones is 1. The van der Waals surface area contributed by atoms with Crippen LogP contribution in [0.1, 0.15) is 55.4 Å². The van der Waals surface area contributed by atoms with Crippen LogP contribution in [0.15, 0.2) is 11.6 Å². The Balaban J connectivity index is 5.16. The summed E-state index contributed by atoms with van der Waals surface area (Å²) >= 11 is 0. The van der Waals surface area contributed by atoms with Crippen molar-refractivity contribution in [3.8, 4) is 0 Å². The maximum Gasteiger partial charge on any atom is 0.145 e. The molecule has 0 aromatic heterocycles. The SMILES string of the molecule is CC(C)=CC(C(=O)C(C)(C)C)C(C)(C)C. The minimum absolute atomic E-state index is 0.00162. The first-order valence-electron chi connectivity index (χ1n) is 5.65. The van der Waals surface area contributed by atoms with Crippen LogP contribution in [0.2, 0.25) is 0 Å². The van der Waals surface area contributed by atoms with Gasteiger partial charge in [0.1, 0.15) is 5.78 Å². The predicted molar refractivity (Wildman–Crippen MR) is 66.8 cm³/mol. The van der Waals surface area contributed by atoms with Crippen molar-refractivity contribution in [3.05, 3.63) is 11.6 Å². The predicted octanol–water partition coefficient (Wildman–Crippen LogP) is 4.23. The first-order valence-corrected chi connectivity index (χ1v) is 5.65. The highest BCUT2D eigenvalue weighted by atomic mass is 16.1. The van der Waals surface area contributed by atoms with E-state index in [2.05, 4.69) is 40.7 Å². The molecule has 0 rings (SSSR count). The van der Waals surface area contributed by atoms with Gasteiger partial charge in [-0.1, -0.05) is 53.2 Å². The Bertz CT molecular complexity index is 254. The summed E-state index contributed by atoms with van der Waals surface area (Å²) in [5.74, 6) is 0.346. The van der Waals surface area contributed by atoms with Crippen molar-refractivity contribution < 1.29 is 4.79 Å². The van der Waals surface area contributed by atoms with Crippen LogP contribution in [-0.4, -0.2) is 5.78 Å². The summed E-state index contributed by atoms with van der Waals surface area (Å²) in [6, 6.07) is 0. The maximum absolute atomic E-state index is 12.3. The summed E-state index contributed by atoms with van der Waals surface area (Å²) < 4.78 is 0. The molecule has 0 aliphatic heterocycles. The van der Waals surface area contributed by atoms with Gasteiger partial charge in [-0.15, -0.1) is 0 Å². The van der Waals surface area contributed by atoms with Gasteiger partial charge in [0.2, 0.25) is 0 Å². The number of rotatable bonds is 2. The number of allylic oxidation sites excluding steroid dienone is 2. The Kier molecular flexibility index (Phi) is 4.33. The molecule has 1 atom stereocenters. The molecular weight excluding hydrogens is 184 g/mol. The lowest BCUT2D eigenvalue weighted by Crippen LogP contribution is -2.35. The summed E-state index contributed by atoms with van der Waals surface area (Å²) in [5.41, 5.74) is 0.957. The van der Waals surface area contributed by atoms with Crippen molar-refractivity contribution in [1.29, 1.82) is 0 Å². The zero-order valence-electron chi connectivity index (χ0n) is 11.6. The summed E-state index contributed by atoms with van der Waals surface area (Å²) in [5, 5.41) is 0. The monoisotopic (exact) mass is 210 g/mol.